The van der Waals surface area contributed by atoms with E-state index < -0.39 is 0 Å². The van der Waals surface area contributed by atoms with E-state index in [1.807, 2.05) is 30.3 Å². The SMILES string of the molecule is COc1ccc(C/C(C#CCBr)=C(\CBr)Cc2ccc(OC)c(OC)c2)cc1OC. The van der Waals surface area contributed by atoms with Crippen molar-refractivity contribution in [1.29, 1.82) is 0 Å². The number of hydrogen-bond donors (Lipinski definition) is 0. The number of hydrogen-bond acceptors (Lipinski definition) is 4. The highest BCUT2D eigenvalue weighted by Crippen LogP contribution is 2.31. The Morgan fingerprint density at radius 3 is 1.67 bits per heavy atom. The largest absolute Gasteiger partial charge is 0.493 e. The van der Waals surface area contributed by atoms with Gasteiger partial charge in [0.1, 0.15) is 0 Å². The van der Waals surface area contributed by atoms with Crippen LogP contribution in [-0.2, 0) is 12.8 Å². The van der Waals surface area contributed by atoms with E-state index in [-0.39, 0.29) is 0 Å². The summed E-state index contributed by atoms with van der Waals surface area (Å²) in [5, 5.41) is 1.34. The molecule has 0 radical (unpaired) electrons. The number of methoxy groups -OCH3 is 4. The average molecular weight is 538 g/mol. The van der Waals surface area contributed by atoms with Crippen LogP contribution in [0.4, 0.5) is 0 Å². The Hall–Kier alpha value is -2.10. The third-order valence-electron chi connectivity index (χ3n) is 4.59. The Kier molecular flexibility index (Phi) is 10.1. The summed E-state index contributed by atoms with van der Waals surface area (Å²) in [6, 6.07) is 11.9. The molecule has 2 rings (SSSR count). The van der Waals surface area contributed by atoms with Crippen molar-refractivity contribution in [2.45, 2.75) is 12.8 Å². The van der Waals surface area contributed by atoms with Crippen LogP contribution in [0.3, 0.4) is 0 Å². The predicted molar refractivity (Wildman–Crippen MR) is 129 cm³/mol. The van der Waals surface area contributed by atoms with Crippen molar-refractivity contribution in [2.24, 2.45) is 0 Å². The summed E-state index contributed by atoms with van der Waals surface area (Å²) in [6.07, 6.45) is 1.46. The standard InChI is InChI=1S/C24H26Br2O4/c1-27-21-9-7-17(14-23(21)29-3)12-19(6-5-11-25)20(16-26)13-18-8-10-22(28-2)24(15-18)30-4/h7-10,14-15H,11-13,16H2,1-4H3/b20-19-. The number of allylic oxidation sites excluding steroid dienone is 2. The van der Waals surface area contributed by atoms with Gasteiger partial charge >= 0.3 is 0 Å². The molecule has 0 N–H and O–H groups in total. The minimum atomic E-state index is 0.619. The van der Waals surface area contributed by atoms with Crippen LogP contribution in [0.15, 0.2) is 47.5 Å². The van der Waals surface area contributed by atoms with Crippen LogP contribution >= 0.6 is 31.9 Å². The molecule has 0 aromatic heterocycles. The lowest BCUT2D eigenvalue weighted by Gasteiger charge is -2.14. The molecule has 0 saturated heterocycles. The van der Waals surface area contributed by atoms with Crippen molar-refractivity contribution in [3.63, 3.8) is 0 Å². The summed E-state index contributed by atoms with van der Waals surface area (Å²) >= 11 is 7.06. The first-order valence-electron chi connectivity index (χ1n) is 9.33. The molecule has 30 heavy (non-hydrogen) atoms. The fraction of sp³-hybridized carbons (Fsp3) is 0.333. The second-order valence-corrected chi connectivity index (χ2v) is 7.50. The Balaban J connectivity index is 2.41. The molecule has 0 aliphatic rings. The van der Waals surface area contributed by atoms with Gasteiger partial charge in [0, 0.05) is 17.3 Å². The minimum Gasteiger partial charge on any atom is -0.493 e. The van der Waals surface area contributed by atoms with E-state index in [1.165, 1.54) is 5.57 Å². The van der Waals surface area contributed by atoms with E-state index in [2.05, 4.69) is 49.8 Å². The molecule has 0 aliphatic carbocycles. The highest BCUT2D eigenvalue weighted by atomic mass is 79.9. The maximum absolute atomic E-state index is 5.45. The Morgan fingerprint density at radius 1 is 0.733 bits per heavy atom. The molecular weight excluding hydrogens is 512 g/mol. The molecule has 0 saturated carbocycles. The molecule has 0 amide bonds. The van der Waals surface area contributed by atoms with Gasteiger partial charge in [-0.2, -0.15) is 0 Å². The van der Waals surface area contributed by atoms with Crippen LogP contribution in [0.5, 0.6) is 23.0 Å². The van der Waals surface area contributed by atoms with Gasteiger partial charge < -0.3 is 18.9 Å². The van der Waals surface area contributed by atoms with E-state index in [0.29, 0.717) is 23.2 Å². The zero-order chi connectivity index (χ0) is 21.9. The van der Waals surface area contributed by atoms with Gasteiger partial charge in [0.05, 0.1) is 33.8 Å². The number of benzene rings is 2. The minimum absolute atomic E-state index is 0.619. The van der Waals surface area contributed by atoms with Gasteiger partial charge in [-0.1, -0.05) is 55.8 Å². The van der Waals surface area contributed by atoms with Gasteiger partial charge in [-0.05, 0) is 47.4 Å². The van der Waals surface area contributed by atoms with Crippen LogP contribution in [0.25, 0.3) is 0 Å². The summed E-state index contributed by atoms with van der Waals surface area (Å²) in [7, 11) is 6.56. The molecule has 160 valence electrons. The second kappa shape index (κ2) is 12.6. The van der Waals surface area contributed by atoms with E-state index in [1.54, 1.807) is 28.4 Å². The Morgan fingerprint density at radius 2 is 1.23 bits per heavy atom. The maximum atomic E-state index is 5.45. The number of alkyl halides is 2. The molecule has 0 bridgehead atoms. The zero-order valence-electron chi connectivity index (χ0n) is 17.7. The number of rotatable bonds is 9. The molecule has 2 aromatic rings. The van der Waals surface area contributed by atoms with E-state index in [9.17, 15) is 0 Å². The molecule has 2 aromatic carbocycles. The number of halogens is 2. The fourth-order valence-corrected chi connectivity index (χ4v) is 3.74. The molecule has 0 atom stereocenters. The molecular formula is C24H26Br2O4. The van der Waals surface area contributed by atoms with Gasteiger partial charge in [-0.15, -0.1) is 0 Å². The van der Waals surface area contributed by atoms with Gasteiger partial charge in [0.15, 0.2) is 23.0 Å². The smallest absolute Gasteiger partial charge is 0.160 e. The molecule has 0 fully saturated rings. The highest BCUT2D eigenvalue weighted by Gasteiger charge is 2.12. The summed E-state index contributed by atoms with van der Waals surface area (Å²) < 4.78 is 21.6. The molecule has 0 spiro atoms. The Labute approximate surface area is 195 Å². The van der Waals surface area contributed by atoms with Crippen LogP contribution in [0.2, 0.25) is 0 Å². The zero-order valence-corrected chi connectivity index (χ0v) is 20.9. The first-order valence-corrected chi connectivity index (χ1v) is 11.6. The van der Waals surface area contributed by atoms with E-state index in [0.717, 1.165) is 39.9 Å². The molecule has 0 heterocycles. The normalized spacial score (nSPS) is 11.1. The van der Waals surface area contributed by atoms with Crippen LogP contribution in [0.1, 0.15) is 11.1 Å². The monoisotopic (exact) mass is 536 g/mol. The van der Waals surface area contributed by atoms with E-state index >= 15 is 0 Å². The number of ether oxygens (including phenoxy) is 4. The molecule has 0 unspecified atom stereocenters. The van der Waals surface area contributed by atoms with Crippen molar-refractivity contribution in [2.75, 3.05) is 39.1 Å². The molecule has 0 aliphatic heterocycles. The third kappa shape index (κ3) is 6.45. The van der Waals surface area contributed by atoms with Crippen molar-refractivity contribution >= 4 is 31.9 Å². The first-order chi connectivity index (χ1) is 14.6. The second-order valence-electron chi connectivity index (χ2n) is 6.38. The Bertz CT molecular complexity index is 942. The predicted octanol–water partition coefficient (Wildman–Crippen LogP) is 5.60. The first kappa shape index (κ1) is 24.2. The van der Waals surface area contributed by atoms with Gasteiger partial charge in [0.2, 0.25) is 0 Å². The van der Waals surface area contributed by atoms with Crippen molar-refractivity contribution in [3.05, 3.63) is 58.7 Å². The summed E-state index contributed by atoms with van der Waals surface area (Å²) in [6.45, 7) is 0. The average Bonchev–Trinajstić information content (AvgIpc) is 2.79. The van der Waals surface area contributed by atoms with Crippen LogP contribution in [-0.4, -0.2) is 39.1 Å². The van der Waals surface area contributed by atoms with Gasteiger partial charge in [-0.3, -0.25) is 0 Å². The maximum Gasteiger partial charge on any atom is 0.160 e. The quantitative estimate of drug-likeness (QED) is 0.308. The lowest BCUT2D eigenvalue weighted by molar-refractivity contribution is 0.354. The lowest BCUT2D eigenvalue weighted by atomic mass is 9.96. The lowest BCUT2D eigenvalue weighted by Crippen LogP contribution is -2.02. The summed E-state index contributed by atoms with van der Waals surface area (Å²) in [4.78, 5) is 0. The fourth-order valence-electron chi connectivity index (χ4n) is 3.06. The van der Waals surface area contributed by atoms with Crippen molar-refractivity contribution in [1.82, 2.24) is 0 Å². The van der Waals surface area contributed by atoms with Crippen LogP contribution in [0, 0.1) is 11.8 Å². The van der Waals surface area contributed by atoms with Crippen molar-refractivity contribution < 1.29 is 18.9 Å². The summed E-state index contributed by atoms with van der Waals surface area (Å²) in [5.74, 6) is 9.34. The third-order valence-corrected chi connectivity index (χ3v) is 5.55. The van der Waals surface area contributed by atoms with Crippen LogP contribution < -0.4 is 18.9 Å². The summed E-state index contributed by atoms with van der Waals surface area (Å²) in [5.41, 5.74) is 4.53. The molecule has 6 heteroatoms. The molecule has 4 nitrogen and oxygen atoms in total. The van der Waals surface area contributed by atoms with Gasteiger partial charge in [0.25, 0.3) is 0 Å². The topological polar surface area (TPSA) is 36.9 Å². The highest BCUT2D eigenvalue weighted by molar-refractivity contribution is 9.09. The van der Waals surface area contributed by atoms with E-state index in [4.69, 9.17) is 18.9 Å². The van der Waals surface area contributed by atoms with Crippen molar-refractivity contribution in [3.8, 4) is 34.8 Å². The van der Waals surface area contributed by atoms with Gasteiger partial charge in [-0.25, -0.2) is 0 Å².